The molecule has 0 heterocycles. The van der Waals surface area contributed by atoms with Crippen LogP contribution in [0.2, 0.25) is 0 Å². The molecule has 1 aliphatic rings. The lowest BCUT2D eigenvalue weighted by Gasteiger charge is -2.19. The first-order valence-electron chi connectivity index (χ1n) is 4.30. The quantitative estimate of drug-likeness (QED) is 0.427. The lowest BCUT2D eigenvalue weighted by Crippen LogP contribution is -2.04. The van der Waals surface area contributed by atoms with Gasteiger partial charge in [-0.15, -0.1) is 15.2 Å². The Balaban J connectivity index is 2.57. The SMILES string of the molecule is C=C(P)C1CC=C(C#CC)CC1. The van der Waals surface area contributed by atoms with Gasteiger partial charge in [0.2, 0.25) is 0 Å². The molecule has 0 aromatic rings. The van der Waals surface area contributed by atoms with Gasteiger partial charge >= 0.3 is 0 Å². The Kier molecular flexibility index (Phi) is 3.57. The summed E-state index contributed by atoms with van der Waals surface area (Å²) in [6, 6.07) is 0. The fraction of sp³-hybridized carbons (Fsp3) is 0.455. The Labute approximate surface area is 77.3 Å². The molecule has 0 saturated heterocycles. The van der Waals surface area contributed by atoms with Crippen LogP contribution in [0.15, 0.2) is 23.5 Å². The van der Waals surface area contributed by atoms with Crippen LogP contribution in [-0.2, 0) is 0 Å². The molecule has 0 spiro atoms. The third-order valence-corrected chi connectivity index (χ3v) is 2.69. The van der Waals surface area contributed by atoms with Crippen LogP contribution in [0.25, 0.3) is 0 Å². The van der Waals surface area contributed by atoms with Gasteiger partial charge in [0.15, 0.2) is 0 Å². The predicted molar refractivity (Wildman–Crippen MR) is 57.7 cm³/mol. The zero-order valence-corrected chi connectivity index (χ0v) is 8.72. The number of hydrogen-bond acceptors (Lipinski definition) is 0. The second-order valence-corrected chi connectivity index (χ2v) is 3.89. The molecule has 0 nitrogen and oxygen atoms in total. The van der Waals surface area contributed by atoms with Crippen LogP contribution in [0.1, 0.15) is 26.2 Å². The van der Waals surface area contributed by atoms with Gasteiger partial charge in [0.05, 0.1) is 0 Å². The lowest BCUT2D eigenvalue weighted by atomic mass is 9.90. The van der Waals surface area contributed by atoms with E-state index in [4.69, 9.17) is 0 Å². The Morgan fingerprint density at radius 1 is 1.75 bits per heavy atom. The van der Waals surface area contributed by atoms with Crippen molar-refractivity contribution >= 4 is 9.24 Å². The molecule has 1 rings (SSSR count). The van der Waals surface area contributed by atoms with E-state index < -0.39 is 0 Å². The van der Waals surface area contributed by atoms with Gasteiger partial charge in [0.25, 0.3) is 0 Å². The Morgan fingerprint density at radius 2 is 2.50 bits per heavy atom. The van der Waals surface area contributed by atoms with Crippen molar-refractivity contribution in [1.29, 1.82) is 0 Å². The molecule has 1 aliphatic carbocycles. The summed E-state index contributed by atoms with van der Waals surface area (Å²) in [6.45, 7) is 5.84. The number of hydrogen-bond donors (Lipinski definition) is 0. The highest BCUT2D eigenvalue weighted by Gasteiger charge is 2.13. The summed E-state index contributed by atoms with van der Waals surface area (Å²) >= 11 is 0. The molecule has 2 atom stereocenters. The maximum atomic E-state index is 3.95. The second kappa shape index (κ2) is 4.48. The van der Waals surface area contributed by atoms with E-state index >= 15 is 0 Å². The second-order valence-electron chi connectivity index (χ2n) is 3.15. The van der Waals surface area contributed by atoms with Crippen LogP contribution in [0, 0.1) is 17.8 Å². The average molecular weight is 178 g/mol. The van der Waals surface area contributed by atoms with Crippen molar-refractivity contribution in [1.82, 2.24) is 0 Å². The monoisotopic (exact) mass is 178 g/mol. The van der Waals surface area contributed by atoms with Crippen molar-refractivity contribution in [3.8, 4) is 11.8 Å². The van der Waals surface area contributed by atoms with E-state index in [1.54, 1.807) is 0 Å². The molecule has 0 aromatic heterocycles. The molecule has 0 saturated carbocycles. The summed E-state index contributed by atoms with van der Waals surface area (Å²) in [4.78, 5) is 0. The summed E-state index contributed by atoms with van der Waals surface area (Å²) in [5.74, 6) is 6.72. The fourth-order valence-corrected chi connectivity index (χ4v) is 1.75. The van der Waals surface area contributed by atoms with Crippen molar-refractivity contribution in [2.75, 3.05) is 0 Å². The van der Waals surface area contributed by atoms with Gasteiger partial charge in [-0.2, -0.15) is 0 Å². The Bertz CT molecular complexity index is 262. The van der Waals surface area contributed by atoms with E-state index in [1.807, 2.05) is 6.92 Å². The third-order valence-electron chi connectivity index (χ3n) is 2.22. The molecule has 12 heavy (non-hydrogen) atoms. The van der Waals surface area contributed by atoms with Crippen molar-refractivity contribution < 1.29 is 0 Å². The molecule has 0 fully saturated rings. The lowest BCUT2D eigenvalue weighted by molar-refractivity contribution is 0.568. The zero-order chi connectivity index (χ0) is 8.97. The standard InChI is InChI=1S/C11H15P/c1-3-4-10-5-7-11(8-6-10)9(2)12/h5,11H,2,6-8,12H2,1H3. The number of rotatable bonds is 1. The van der Waals surface area contributed by atoms with Gasteiger partial charge in [-0.05, 0) is 37.7 Å². The first-order chi connectivity index (χ1) is 5.74. The Hall–Kier alpha value is -0.530. The first kappa shape index (κ1) is 9.56. The number of allylic oxidation sites excluding steroid dienone is 3. The highest BCUT2D eigenvalue weighted by Crippen LogP contribution is 2.30. The van der Waals surface area contributed by atoms with Gasteiger partial charge < -0.3 is 0 Å². The van der Waals surface area contributed by atoms with E-state index in [2.05, 4.69) is 33.7 Å². The zero-order valence-electron chi connectivity index (χ0n) is 7.56. The summed E-state index contributed by atoms with van der Waals surface area (Å²) in [5, 5.41) is 1.23. The maximum Gasteiger partial charge on any atom is -0.00193 e. The maximum absolute atomic E-state index is 3.95. The smallest absolute Gasteiger partial charge is 0.00193 e. The molecule has 1 heteroatoms. The van der Waals surface area contributed by atoms with E-state index in [1.165, 1.54) is 17.3 Å². The van der Waals surface area contributed by atoms with Crippen molar-refractivity contribution in [3.63, 3.8) is 0 Å². The Morgan fingerprint density at radius 3 is 2.92 bits per heavy atom. The molecule has 0 aromatic carbocycles. The van der Waals surface area contributed by atoms with E-state index in [9.17, 15) is 0 Å². The molecule has 0 radical (unpaired) electrons. The molecular formula is C11H15P. The van der Waals surface area contributed by atoms with Crippen LogP contribution in [-0.4, -0.2) is 0 Å². The van der Waals surface area contributed by atoms with E-state index in [0.717, 1.165) is 12.8 Å². The highest BCUT2D eigenvalue weighted by molar-refractivity contribution is 7.22. The van der Waals surface area contributed by atoms with Gasteiger partial charge in [-0.1, -0.05) is 23.9 Å². The minimum Gasteiger partial charge on any atom is -0.110 e. The van der Waals surface area contributed by atoms with Crippen LogP contribution < -0.4 is 0 Å². The minimum atomic E-state index is 0.664. The molecule has 2 unspecified atom stereocenters. The van der Waals surface area contributed by atoms with Crippen molar-refractivity contribution in [3.05, 3.63) is 23.5 Å². The van der Waals surface area contributed by atoms with Crippen molar-refractivity contribution in [2.24, 2.45) is 5.92 Å². The predicted octanol–water partition coefficient (Wildman–Crippen LogP) is 3.13. The summed E-state index contributed by atoms with van der Waals surface area (Å²) < 4.78 is 0. The van der Waals surface area contributed by atoms with E-state index in [-0.39, 0.29) is 0 Å². The molecule has 0 bridgehead atoms. The normalized spacial score (nSPS) is 22.2. The van der Waals surface area contributed by atoms with Gasteiger partial charge in [-0.3, -0.25) is 0 Å². The van der Waals surface area contributed by atoms with Crippen LogP contribution >= 0.6 is 9.24 Å². The molecular weight excluding hydrogens is 163 g/mol. The van der Waals surface area contributed by atoms with Crippen molar-refractivity contribution in [2.45, 2.75) is 26.2 Å². The molecule has 0 N–H and O–H groups in total. The summed E-state index contributed by atoms with van der Waals surface area (Å²) in [5.41, 5.74) is 1.31. The van der Waals surface area contributed by atoms with Crippen LogP contribution in [0.4, 0.5) is 0 Å². The van der Waals surface area contributed by atoms with Crippen LogP contribution in [0.3, 0.4) is 0 Å². The first-order valence-corrected chi connectivity index (χ1v) is 4.88. The van der Waals surface area contributed by atoms with Gasteiger partial charge in [-0.25, -0.2) is 0 Å². The average Bonchev–Trinajstić information content (AvgIpc) is 2.06. The molecule has 64 valence electrons. The third kappa shape index (κ3) is 2.50. The van der Waals surface area contributed by atoms with Gasteiger partial charge in [0, 0.05) is 0 Å². The summed E-state index contributed by atoms with van der Waals surface area (Å²) in [6.07, 6.45) is 5.70. The van der Waals surface area contributed by atoms with Gasteiger partial charge in [0.1, 0.15) is 0 Å². The summed E-state index contributed by atoms with van der Waals surface area (Å²) in [7, 11) is 2.70. The fourth-order valence-electron chi connectivity index (χ4n) is 1.45. The highest BCUT2D eigenvalue weighted by atomic mass is 31.0. The van der Waals surface area contributed by atoms with E-state index in [0.29, 0.717) is 5.92 Å². The topological polar surface area (TPSA) is 0 Å². The van der Waals surface area contributed by atoms with Crippen LogP contribution in [0.5, 0.6) is 0 Å². The minimum absolute atomic E-state index is 0.664. The molecule has 0 aliphatic heterocycles. The largest absolute Gasteiger partial charge is 0.110 e. The molecule has 0 amide bonds.